The molecule has 0 radical (unpaired) electrons. The van der Waals surface area contributed by atoms with Crippen LogP contribution in [-0.2, 0) is 23.2 Å². The average Bonchev–Trinajstić information content (AvgIpc) is 3.37. The number of methoxy groups -OCH3 is 1. The van der Waals surface area contributed by atoms with Crippen LogP contribution in [0.25, 0.3) is 0 Å². The molecule has 0 unspecified atom stereocenters. The number of amides is 1. The number of carbonyl (C=O) groups is 1. The lowest BCUT2D eigenvalue weighted by Gasteiger charge is -2.22. The zero-order chi connectivity index (χ0) is 24.8. The molecule has 9 heteroatoms. The minimum Gasteiger partial charge on any atom is -0.497 e. The number of furan rings is 1. The first-order valence-corrected chi connectivity index (χ1v) is 12.0. The molecule has 0 saturated heterocycles. The molecule has 35 heavy (non-hydrogen) atoms. The number of hydrogen-bond donors (Lipinski definition) is 0. The molecule has 0 aliphatic heterocycles. The van der Waals surface area contributed by atoms with Crippen LogP contribution in [-0.4, -0.2) is 26.3 Å². The summed E-state index contributed by atoms with van der Waals surface area (Å²) in [7, 11) is -2.61. The van der Waals surface area contributed by atoms with Crippen molar-refractivity contribution in [1.29, 1.82) is 0 Å². The molecule has 1 amide bonds. The third-order valence-corrected chi connectivity index (χ3v) is 6.39. The van der Waals surface area contributed by atoms with E-state index in [0.29, 0.717) is 22.6 Å². The van der Waals surface area contributed by atoms with E-state index in [1.807, 2.05) is 0 Å². The van der Waals surface area contributed by atoms with Crippen LogP contribution in [0.1, 0.15) is 21.7 Å². The topological polar surface area (TPSA) is 86.0 Å². The fourth-order valence-electron chi connectivity index (χ4n) is 3.40. The van der Waals surface area contributed by atoms with Crippen molar-refractivity contribution in [2.45, 2.75) is 18.0 Å². The van der Waals surface area contributed by atoms with Gasteiger partial charge in [-0.15, -0.1) is 0 Å². The quantitative estimate of drug-likeness (QED) is 0.303. The summed E-state index contributed by atoms with van der Waals surface area (Å²) < 4.78 is 54.1. The van der Waals surface area contributed by atoms with Gasteiger partial charge in [-0.05, 0) is 78.4 Å². The standard InChI is InChI=1S/C26H22FNO6S/c1-32-22-11-7-20(8-12-22)26(29)28(18-24-6-3-15-33-24)17-19-4-2-5-23(16-19)34-35(30,31)25-13-9-21(27)10-14-25/h2-16H,17-18H2,1H3. The Morgan fingerprint density at radius 1 is 0.914 bits per heavy atom. The second-order valence-electron chi connectivity index (χ2n) is 7.61. The zero-order valence-corrected chi connectivity index (χ0v) is 19.6. The molecule has 0 spiro atoms. The van der Waals surface area contributed by atoms with Crippen LogP contribution in [0.5, 0.6) is 11.5 Å². The Balaban J connectivity index is 1.56. The summed E-state index contributed by atoms with van der Waals surface area (Å²) in [5.74, 6) is 0.504. The molecule has 0 N–H and O–H groups in total. The predicted molar refractivity (Wildman–Crippen MR) is 126 cm³/mol. The van der Waals surface area contributed by atoms with Gasteiger partial charge in [0.05, 0.1) is 19.9 Å². The number of halogens is 1. The maximum Gasteiger partial charge on any atom is 0.339 e. The lowest BCUT2D eigenvalue weighted by molar-refractivity contribution is 0.0717. The summed E-state index contributed by atoms with van der Waals surface area (Å²) >= 11 is 0. The number of carbonyl (C=O) groups excluding carboxylic acids is 1. The Kier molecular flexibility index (Phi) is 7.17. The highest BCUT2D eigenvalue weighted by molar-refractivity contribution is 7.87. The molecule has 0 saturated carbocycles. The summed E-state index contributed by atoms with van der Waals surface area (Å²) in [4.78, 5) is 14.7. The maximum absolute atomic E-state index is 13.3. The largest absolute Gasteiger partial charge is 0.497 e. The molecule has 4 aromatic rings. The molecule has 0 bridgehead atoms. The monoisotopic (exact) mass is 495 g/mol. The van der Waals surface area contributed by atoms with E-state index < -0.39 is 15.9 Å². The fourth-order valence-corrected chi connectivity index (χ4v) is 4.32. The first kappa shape index (κ1) is 24.0. The van der Waals surface area contributed by atoms with Crippen LogP contribution in [0.15, 0.2) is 101 Å². The molecule has 1 heterocycles. The molecule has 0 atom stereocenters. The van der Waals surface area contributed by atoms with E-state index in [0.717, 1.165) is 24.3 Å². The Bertz CT molecular complexity index is 1380. The van der Waals surface area contributed by atoms with Crippen molar-refractivity contribution in [3.05, 3.63) is 114 Å². The van der Waals surface area contributed by atoms with Gasteiger partial charge in [-0.3, -0.25) is 4.79 Å². The van der Waals surface area contributed by atoms with Crippen molar-refractivity contribution in [1.82, 2.24) is 4.90 Å². The van der Waals surface area contributed by atoms with Crippen LogP contribution in [0.3, 0.4) is 0 Å². The molecule has 0 aliphatic carbocycles. The molecule has 4 rings (SSSR count). The van der Waals surface area contributed by atoms with Gasteiger partial charge in [0, 0.05) is 12.1 Å². The zero-order valence-electron chi connectivity index (χ0n) is 18.8. The summed E-state index contributed by atoms with van der Waals surface area (Å²) in [6, 6.07) is 21.0. The van der Waals surface area contributed by atoms with Crippen molar-refractivity contribution >= 4 is 16.0 Å². The van der Waals surface area contributed by atoms with Gasteiger partial charge in [0.1, 0.15) is 28.0 Å². The van der Waals surface area contributed by atoms with Gasteiger partial charge >= 0.3 is 10.1 Å². The normalized spacial score (nSPS) is 11.1. The lowest BCUT2D eigenvalue weighted by Crippen LogP contribution is -2.30. The molecule has 0 fully saturated rings. The Morgan fingerprint density at radius 2 is 1.66 bits per heavy atom. The maximum atomic E-state index is 13.3. The Hall–Kier alpha value is -4.11. The lowest BCUT2D eigenvalue weighted by atomic mass is 10.1. The van der Waals surface area contributed by atoms with Crippen molar-refractivity contribution in [2.24, 2.45) is 0 Å². The van der Waals surface area contributed by atoms with Crippen molar-refractivity contribution < 1.29 is 30.9 Å². The van der Waals surface area contributed by atoms with E-state index >= 15 is 0 Å². The van der Waals surface area contributed by atoms with E-state index in [1.54, 1.807) is 60.5 Å². The Morgan fingerprint density at radius 3 is 2.31 bits per heavy atom. The van der Waals surface area contributed by atoms with Gasteiger partial charge in [-0.1, -0.05) is 12.1 Å². The van der Waals surface area contributed by atoms with Crippen LogP contribution in [0.4, 0.5) is 4.39 Å². The second kappa shape index (κ2) is 10.4. The van der Waals surface area contributed by atoms with E-state index in [4.69, 9.17) is 13.3 Å². The highest BCUT2D eigenvalue weighted by atomic mass is 32.2. The summed E-state index contributed by atoms with van der Waals surface area (Å²) in [5, 5.41) is 0. The third kappa shape index (κ3) is 6.07. The van der Waals surface area contributed by atoms with E-state index in [-0.39, 0.29) is 29.6 Å². The number of ether oxygens (including phenoxy) is 1. The molecule has 7 nitrogen and oxygen atoms in total. The average molecular weight is 496 g/mol. The highest BCUT2D eigenvalue weighted by Crippen LogP contribution is 2.23. The first-order valence-electron chi connectivity index (χ1n) is 10.6. The number of nitrogens with zero attached hydrogens (tertiary/aromatic N) is 1. The molecule has 0 aliphatic rings. The van der Waals surface area contributed by atoms with Crippen LogP contribution < -0.4 is 8.92 Å². The van der Waals surface area contributed by atoms with Crippen LogP contribution in [0, 0.1) is 5.82 Å². The second-order valence-corrected chi connectivity index (χ2v) is 9.15. The van der Waals surface area contributed by atoms with Gasteiger partial charge in [-0.2, -0.15) is 8.42 Å². The van der Waals surface area contributed by atoms with Crippen LogP contribution in [0.2, 0.25) is 0 Å². The number of rotatable bonds is 9. The minimum absolute atomic E-state index is 0.0710. The summed E-state index contributed by atoms with van der Waals surface area (Å²) in [6.45, 7) is 0.371. The van der Waals surface area contributed by atoms with Gasteiger partial charge in [0.2, 0.25) is 0 Å². The molecule has 180 valence electrons. The van der Waals surface area contributed by atoms with E-state index in [1.165, 1.54) is 18.4 Å². The Labute approximate surface area is 202 Å². The summed E-state index contributed by atoms with van der Waals surface area (Å²) in [5.41, 5.74) is 1.11. The SMILES string of the molecule is COc1ccc(C(=O)N(Cc2cccc(OS(=O)(=O)c3ccc(F)cc3)c2)Cc2ccco2)cc1. The molecule has 3 aromatic carbocycles. The molecule has 1 aromatic heterocycles. The van der Waals surface area contributed by atoms with Crippen molar-refractivity contribution in [2.75, 3.05) is 7.11 Å². The minimum atomic E-state index is -4.16. The van der Waals surface area contributed by atoms with Gasteiger partial charge in [0.15, 0.2) is 0 Å². The van der Waals surface area contributed by atoms with Crippen molar-refractivity contribution in [3.8, 4) is 11.5 Å². The third-order valence-electron chi connectivity index (χ3n) is 5.13. The number of benzene rings is 3. The number of hydrogen-bond acceptors (Lipinski definition) is 6. The fraction of sp³-hybridized carbons (Fsp3) is 0.115. The van der Waals surface area contributed by atoms with E-state index in [9.17, 15) is 17.6 Å². The highest BCUT2D eigenvalue weighted by Gasteiger charge is 2.20. The van der Waals surface area contributed by atoms with E-state index in [2.05, 4.69) is 0 Å². The van der Waals surface area contributed by atoms with Crippen molar-refractivity contribution in [3.63, 3.8) is 0 Å². The van der Waals surface area contributed by atoms with Gasteiger partial charge in [0.25, 0.3) is 5.91 Å². The molecular formula is C26H22FNO6S. The smallest absolute Gasteiger partial charge is 0.339 e. The summed E-state index contributed by atoms with van der Waals surface area (Å²) in [6.07, 6.45) is 1.53. The first-order chi connectivity index (χ1) is 16.8. The van der Waals surface area contributed by atoms with Gasteiger partial charge in [-0.25, -0.2) is 4.39 Å². The van der Waals surface area contributed by atoms with Gasteiger partial charge < -0.3 is 18.2 Å². The predicted octanol–water partition coefficient (Wildman–Crippen LogP) is 5.04. The molecular weight excluding hydrogens is 473 g/mol. The van der Waals surface area contributed by atoms with Crippen LogP contribution >= 0.6 is 0 Å².